The Balaban J connectivity index is 1.52. The van der Waals surface area contributed by atoms with Crippen LogP contribution in [0.3, 0.4) is 0 Å². The van der Waals surface area contributed by atoms with E-state index in [1.54, 1.807) is 43.2 Å². The number of nitrogens with zero attached hydrogens (tertiary/aromatic N) is 1. The van der Waals surface area contributed by atoms with Gasteiger partial charge in [-0.05, 0) is 62.6 Å². The number of hydrogen-bond acceptors (Lipinski definition) is 5. The molecule has 3 rings (SSSR count). The van der Waals surface area contributed by atoms with Crippen LogP contribution in [0.4, 0.5) is 0 Å². The summed E-state index contributed by atoms with van der Waals surface area (Å²) < 4.78 is 10.5. The van der Waals surface area contributed by atoms with Gasteiger partial charge in [0.1, 0.15) is 5.75 Å². The fourth-order valence-electron chi connectivity index (χ4n) is 3.62. The lowest BCUT2D eigenvalue weighted by Gasteiger charge is -2.31. The molecule has 2 aromatic rings. The predicted molar refractivity (Wildman–Crippen MR) is 113 cm³/mol. The van der Waals surface area contributed by atoms with Gasteiger partial charge in [-0.15, -0.1) is 0 Å². The number of Topliss-reactive ketones (excluding diaryl/α,β-unsaturated/α-hetero) is 1. The number of piperidine rings is 1. The number of ether oxygens (including phenoxy) is 2. The molecule has 2 aromatic carbocycles. The van der Waals surface area contributed by atoms with E-state index in [0.717, 1.165) is 5.56 Å². The van der Waals surface area contributed by atoms with Gasteiger partial charge in [-0.1, -0.05) is 18.2 Å². The van der Waals surface area contributed by atoms with Crippen LogP contribution in [-0.2, 0) is 9.53 Å². The van der Waals surface area contributed by atoms with E-state index in [9.17, 15) is 14.4 Å². The Bertz CT molecular complexity index is 913. The number of carbonyl (C=O) groups is 3. The second kappa shape index (κ2) is 9.57. The maximum atomic E-state index is 12.7. The molecule has 0 N–H and O–H groups in total. The highest BCUT2D eigenvalue weighted by Crippen LogP contribution is 2.22. The molecule has 0 aromatic heterocycles. The van der Waals surface area contributed by atoms with Gasteiger partial charge < -0.3 is 14.4 Å². The summed E-state index contributed by atoms with van der Waals surface area (Å²) in [5.41, 5.74) is 2.10. The predicted octanol–water partition coefficient (Wildman–Crippen LogP) is 3.67. The first kappa shape index (κ1) is 21.6. The molecule has 1 heterocycles. The highest BCUT2D eigenvalue weighted by molar-refractivity contribution is 6.00. The van der Waals surface area contributed by atoms with E-state index in [2.05, 4.69) is 0 Å². The lowest BCUT2D eigenvalue weighted by Crippen LogP contribution is -2.41. The van der Waals surface area contributed by atoms with Crippen LogP contribution < -0.4 is 4.74 Å². The number of carbonyl (C=O) groups excluding carboxylic acids is 3. The van der Waals surface area contributed by atoms with E-state index in [-0.39, 0.29) is 23.6 Å². The van der Waals surface area contributed by atoms with Crippen LogP contribution in [-0.4, -0.2) is 48.9 Å². The van der Waals surface area contributed by atoms with Crippen LogP contribution in [0.1, 0.15) is 46.0 Å². The third-order valence-electron chi connectivity index (χ3n) is 5.53. The van der Waals surface area contributed by atoms with Crippen LogP contribution in [0.2, 0.25) is 0 Å². The van der Waals surface area contributed by atoms with Crippen molar-refractivity contribution >= 4 is 17.7 Å². The van der Waals surface area contributed by atoms with E-state index in [0.29, 0.717) is 42.8 Å². The standard InChI is InChI=1S/C24H27NO5/c1-16-6-4-5-7-21(16)23(27)25-14-12-19(13-15-25)24(28)30-17(2)22(26)18-8-10-20(29-3)11-9-18/h4-11,17,19H,12-15H2,1-3H3/t17-/m0/s1. The van der Waals surface area contributed by atoms with Crippen molar-refractivity contribution in [3.05, 3.63) is 65.2 Å². The molecule has 1 aliphatic rings. The van der Waals surface area contributed by atoms with E-state index in [4.69, 9.17) is 9.47 Å². The molecule has 1 saturated heterocycles. The lowest BCUT2D eigenvalue weighted by molar-refractivity contribution is -0.152. The second-order valence-corrected chi connectivity index (χ2v) is 7.55. The normalized spacial score (nSPS) is 15.4. The van der Waals surface area contributed by atoms with E-state index in [1.165, 1.54) is 0 Å². The fourth-order valence-corrected chi connectivity index (χ4v) is 3.62. The number of ketones is 1. The Hall–Kier alpha value is -3.15. The number of rotatable bonds is 6. The first-order valence-electron chi connectivity index (χ1n) is 10.1. The van der Waals surface area contributed by atoms with Crippen molar-refractivity contribution in [2.45, 2.75) is 32.8 Å². The topological polar surface area (TPSA) is 72.9 Å². The molecule has 0 saturated carbocycles. The van der Waals surface area contributed by atoms with Crippen molar-refractivity contribution in [2.75, 3.05) is 20.2 Å². The molecule has 0 radical (unpaired) electrons. The van der Waals surface area contributed by atoms with E-state index in [1.807, 2.05) is 31.2 Å². The van der Waals surface area contributed by atoms with Gasteiger partial charge in [0, 0.05) is 24.2 Å². The van der Waals surface area contributed by atoms with Crippen molar-refractivity contribution in [1.29, 1.82) is 0 Å². The summed E-state index contributed by atoms with van der Waals surface area (Å²) in [5.74, 6) is -0.297. The molecule has 0 unspecified atom stereocenters. The average Bonchev–Trinajstić information content (AvgIpc) is 2.78. The van der Waals surface area contributed by atoms with Gasteiger partial charge in [-0.2, -0.15) is 0 Å². The van der Waals surface area contributed by atoms with Crippen molar-refractivity contribution in [1.82, 2.24) is 4.90 Å². The molecule has 158 valence electrons. The summed E-state index contributed by atoms with van der Waals surface area (Å²) in [7, 11) is 1.56. The number of benzene rings is 2. The van der Waals surface area contributed by atoms with Crippen LogP contribution in [0.25, 0.3) is 0 Å². The minimum absolute atomic E-state index is 0.0111. The zero-order valence-electron chi connectivity index (χ0n) is 17.6. The van der Waals surface area contributed by atoms with Gasteiger partial charge in [-0.25, -0.2) is 0 Å². The quantitative estimate of drug-likeness (QED) is 0.538. The lowest BCUT2D eigenvalue weighted by atomic mass is 9.96. The number of methoxy groups -OCH3 is 1. The molecular formula is C24H27NO5. The van der Waals surface area contributed by atoms with Crippen molar-refractivity contribution in [3.63, 3.8) is 0 Å². The van der Waals surface area contributed by atoms with Gasteiger partial charge in [0.2, 0.25) is 5.78 Å². The highest BCUT2D eigenvalue weighted by Gasteiger charge is 2.31. The number of hydrogen-bond donors (Lipinski definition) is 0. The molecule has 1 fully saturated rings. The summed E-state index contributed by atoms with van der Waals surface area (Å²) in [5, 5.41) is 0. The molecule has 1 aliphatic heterocycles. The van der Waals surface area contributed by atoms with Gasteiger partial charge >= 0.3 is 5.97 Å². The molecule has 6 heteroatoms. The smallest absolute Gasteiger partial charge is 0.309 e. The molecule has 1 amide bonds. The molecular weight excluding hydrogens is 382 g/mol. The Morgan fingerprint density at radius 2 is 1.63 bits per heavy atom. The molecule has 6 nitrogen and oxygen atoms in total. The first-order chi connectivity index (χ1) is 14.4. The summed E-state index contributed by atoms with van der Waals surface area (Å²) in [4.78, 5) is 39.6. The monoisotopic (exact) mass is 409 g/mol. The molecule has 30 heavy (non-hydrogen) atoms. The summed E-state index contributed by atoms with van der Waals surface area (Å²) in [6.45, 7) is 4.49. The Morgan fingerprint density at radius 3 is 2.23 bits per heavy atom. The Labute approximate surface area is 176 Å². The number of likely N-dealkylation sites (tertiary alicyclic amines) is 1. The fraction of sp³-hybridized carbons (Fsp3) is 0.375. The summed E-state index contributed by atoms with van der Waals surface area (Å²) >= 11 is 0. The molecule has 0 bridgehead atoms. The minimum Gasteiger partial charge on any atom is -0.497 e. The second-order valence-electron chi connectivity index (χ2n) is 7.55. The zero-order valence-corrected chi connectivity index (χ0v) is 17.6. The van der Waals surface area contributed by atoms with Crippen LogP contribution in [0.5, 0.6) is 5.75 Å². The van der Waals surface area contributed by atoms with Gasteiger partial charge in [0.05, 0.1) is 13.0 Å². The Morgan fingerprint density at radius 1 is 1.00 bits per heavy atom. The average molecular weight is 409 g/mol. The van der Waals surface area contributed by atoms with E-state index >= 15 is 0 Å². The van der Waals surface area contributed by atoms with Crippen LogP contribution in [0, 0.1) is 12.8 Å². The summed E-state index contributed by atoms with van der Waals surface area (Å²) in [6.07, 6.45) is 0.192. The van der Waals surface area contributed by atoms with Gasteiger partial charge in [0.15, 0.2) is 6.10 Å². The zero-order chi connectivity index (χ0) is 21.7. The maximum Gasteiger partial charge on any atom is 0.309 e. The number of esters is 1. The third kappa shape index (κ3) is 4.87. The van der Waals surface area contributed by atoms with Crippen molar-refractivity contribution in [3.8, 4) is 5.75 Å². The van der Waals surface area contributed by atoms with Crippen molar-refractivity contribution in [2.24, 2.45) is 5.92 Å². The molecule has 0 spiro atoms. The third-order valence-corrected chi connectivity index (χ3v) is 5.53. The highest BCUT2D eigenvalue weighted by atomic mass is 16.5. The number of aryl methyl sites for hydroxylation is 1. The minimum atomic E-state index is -0.863. The number of amides is 1. The maximum absolute atomic E-state index is 12.7. The van der Waals surface area contributed by atoms with Gasteiger partial charge in [0.25, 0.3) is 5.91 Å². The van der Waals surface area contributed by atoms with Crippen molar-refractivity contribution < 1.29 is 23.9 Å². The Kier molecular flexibility index (Phi) is 6.87. The molecule has 1 atom stereocenters. The first-order valence-corrected chi connectivity index (χ1v) is 10.1. The van der Waals surface area contributed by atoms with Gasteiger partial charge in [-0.3, -0.25) is 14.4 Å². The van der Waals surface area contributed by atoms with Crippen LogP contribution in [0.15, 0.2) is 48.5 Å². The van der Waals surface area contributed by atoms with Crippen LogP contribution >= 0.6 is 0 Å². The molecule has 0 aliphatic carbocycles. The SMILES string of the molecule is COc1ccc(C(=O)[C@H](C)OC(=O)C2CCN(C(=O)c3ccccc3C)CC2)cc1. The largest absolute Gasteiger partial charge is 0.497 e. The summed E-state index contributed by atoms with van der Waals surface area (Å²) in [6, 6.07) is 14.2. The van der Waals surface area contributed by atoms with E-state index < -0.39 is 6.10 Å².